The standard InChI is InChI=1S/C17H24BNO5/c1-15(2)16(3,4)24-18(23-15)11-9-12(21-5)13(19-10-11)17(7-8-17)14(20)22-6/h9-10H,7-8H2,1-6H3. The lowest BCUT2D eigenvalue weighted by Gasteiger charge is -2.32. The quantitative estimate of drug-likeness (QED) is 0.616. The van der Waals surface area contributed by atoms with Gasteiger partial charge in [-0.2, -0.15) is 0 Å². The predicted molar refractivity (Wildman–Crippen MR) is 89.4 cm³/mol. The Bertz CT molecular complexity index is 653. The van der Waals surface area contributed by atoms with Crippen molar-refractivity contribution in [2.75, 3.05) is 14.2 Å². The lowest BCUT2D eigenvalue weighted by atomic mass is 9.79. The fraction of sp³-hybridized carbons (Fsp3) is 0.647. The Kier molecular flexibility index (Phi) is 3.92. The molecular formula is C17H24BNO5. The van der Waals surface area contributed by atoms with Crippen molar-refractivity contribution >= 4 is 18.6 Å². The Hall–Kier alpha value is -1.60. The second-order valence-corrected chi connectivity index (χ2v) is 7.48. The Morgan fingerprint density at radius 3 is 2.21 bits per heavy atom. The number of hydrogen-bond acceptors (Lipinski definition) is 6. The van der Waals surface area contributed by atoms with E-state index < -0.39 is 23.7 Å². The van der Waals surface area contributed by atoms with Crippen LogP contribution in [0, 0.1) is 0 Å². The summed E-state index contributed by atoms with van der Waals surface area (Å²) in [6.07, 6.45) is 3.14. The number of pyridine rings is 1. The van der Waals surface area contributed by atoms with Crippen molar-refractivity contribution in [2.45, 2.75) is 57.2 Å². The first kappa shape index (κ1) is 17.2. The molecule has 2 heterocycles. The molecule has 1 aromatic rings. The van der Waals surface area contributed by atoms with Crippen molar-refractivity contribution in [3.63, 3.8) is 0 Å². The van der Waals surface area contributed by atoms with Gasteiger partial charge in [0.05, 0.1) is 31.1 Å². The van der Waals surface area contributed by atoms with Gasteiger partial charge in [-0.05, 0) is 46.6 Å². The highest BCUT2D eigenvalue weighted by atomic mass is 16.7. The zero-order chi connectivity index (χ0) is 17.8. The van der Waals surface area contributed by atoms with Gasteiger partial charge in [-0.25, -0.2) is 0 Å². The van der Waals surface area contributed by atoms with Gasteiger partial charge >= 0.3 is 13.1 Å². The molecule has 0 atom stereocenters. The first-order valence-corrected chi connectivity index (χ1v) is 8.15. The van der Waals surface area contributed by atoms with E-state index in [1.807, 2.05) is 33.8 Å². The van der Waals surface area contributed by atoms with Gasteiger partial charge < -0.3 is 18.8 Å². The highest BCUT2D eigenvalue weighted by Crippen LogP contribution is 2.51. The first-order valence-electron chi connectivity index (χ1n) is 8.15. The number of esters is 1. The molecule has 3 rings (SSSR count). The molecule has 1 saturated carbocycles. The summed E-state index contributed by atoms with van der Waals surface area (Å²) in [6.45, 7) is 8.01. The number of hydrogen-bond donors (Lipinski definition) is 0. The summed E-state index contributed by atoms with van der Waals surface area (Å²) in [7, 11) is 2.45. The van der Waals surface area contributed by atoms with E-state index in [4.69, 9.17) is 18.8 Å². The highest BCUT2D eigenvalue weighted by Gasteiger charge is 2.56. The van der Waals surface area contributed by atoms with Crippen molar-refractivity contribution in [1.82, 2.24) is 4.98 Å². The first-order chi connectivity index (χ1) is 11.2. The number of ether oxygens (including phenoxy) is 2. The summed E-state index contributed by atoms with van der Waals surface area (Å²) in [6, 6.07) is 1.84. The maximum Gasteiger partial charge on any atom is 0.496 e. The molecule has 1 aliphatic heterocycles. The highest BCUT2D eigenvalue weighted by molar-refractivity contribution is 6.62. The number of aromatic nitrogens is 1. The second kappa shape index (κ2) is 5.46. The monoisotopic (exact) mass is 333 g/mol. The molecule has 0 spiro atoms. The van der Waals surface area contributed by atoms with E-state index in [0.29, 0.717) is 11.4 Å². The lowest BCUT2D eigenvalue weighted by Crippen LogP contribution is -2.41. The summed E-state index contributed by atoms with van der Waals surface area (Å²) in [5, 5.41) is 0. The van der Waals surface area contributed by atoms with E-state index in [1.54, 1.807) is 13.3 Å². The van der Waals surface area contributed by atoms with Gasteiger partial charge in [0.15, 0.2) is 0 Å². The fourth-order valence-corrected chi connectivity index (χ4v) is 2.94. The van der Waals surface area contributed by atoms with Crippen LogP contribution in [-0.2, 0) is 24.3 Å². The topological polar surface area (TPSA) is 66.9 Å². The van der Waals surface area contributed by atoms with Crippen LogP contribution in [0.1, 0.15) is 46.2 Å². The second-order valence-electron chi connectivity index (χ2n) is 7.48. The Morgan fingerprint density at radius 2 is 1.75 bits per heavy atom. The molecule has 1 saturated heterocycles. The number of carbonyl (C=O) groups is 1. The summed E-state index contributed by atoms with van der Waals surface area (Å²) < 4.78 is 22.5. The molecule has 0 unspecified atom stereocenters. The van der Waals surface area contributed by atoms with Crippen molar-refractivity contribution in [1.29, 1.82) is 0 Å². The summed E-state index contributed by atoms with van der Waals surface area (Å²) in [4.78, 5) is 16.6. The molecule has 0 amide bonds. The van der Waals surface area contributed by atoms with Crippen LogP contribution in [0.3, 0.4) is 0 Å². The van der Waals surface area contributed by atoms with E-state index in [-0.39, 0.29) is 5.97 Å². The number of rotatable bonds is 4. The number of nitrogens with zero attached hydrogens (tertiary/aromatic N) is 1. The van der Waals surface area contributed by atoms with Crippen LogP contribution < -0.4 is 10.2 Å². The molecule has 24 heavy (non-hydrogen) atoms. The molecule has 0 bridgehead atoms. The molecule has 2 fully saturated rings. The Balaban J connectivity index is 1.93. The van der Waals surface area contributed by atoms with Gasteiger partial charge in [-0.15, -0.1) is 0 Å². The molecule has 1 aromatic heterocycles. The van der Waals surface area contributed by atoms with E-state index in [2.05, 4.69) is 4.98 Å². The van der Waals surface area contributed by atoms with Crippen LogP contribution in [0.4, 0.5) is 0 Å². The van der Waals surface area contributed by atoms with Gasteiger partial charge in [0.25, 0.3) is 0 Å². The number of methoxy groups -OCH3 is 2. The third-order valence-corrected chi connectivity index (χ3v) is 5.40. The third-order valence-electron chi connectivity index (χ3n) is 5.40. The summed E-state index contributed by atoms with van der Waals surface area (Å²) in [5.41, 5.74) is -0.123. The lowest BCUT2D eigenvalue weighted by molar-refractivity contribution is -0.143. The normalized spacial score (nSPS) is 23.0. The molecule has 130 valence electrons. The van der Waals surface area contributed by atoms with Crippen molar-refractivity contribution < 1.29 is 23.6 Å². The van der Waals surface area contributed by atoms with Gasteiger partial charge in [-0.3, -0.25) is 9.78 Å². The molecule has 0 N–H and O–H groups in total. The van der Waals surface area contributed by atoms with E-state index in [9.17, 15) is 4.79 Å². The van der Waals surface area contributed by atoms with E-state index >= 15 is 0 Å². The van der Waals surface area contributed by atoms with Crippen LogP contribution >= 0.6 is 0 Å². The average molecular weight is 333 g/mol. The Morgan fingerprint density at radius 1 is 1.17 bits per heavy atom. The predicted octanol–water partition coefficient (Wildman–Crippen LogP) is 1.59. The van der Waals surface area contributed by atoms with Crippen LogP contribution in [0.15, 0.2) is 12.3 Å². The molecule has 7 heteroatoms. The number of carbonyl (C=O) groups excluding carboxylic acids is 1. The molecule has 6 nitrogen and oxygen atoms in total. The Labute approximate surface area is 143 Å². The van der Waals surface area contributed by atoms with Crippen LogP contribution in [0.5, 0.6) is 5.75 Å². The van der Waals surface area contributed by atoms with Crippen LogP contribution in [0.25, 0.3) is 0 Å². The third kappa shape index (κ3) is 2.50. The van der Waals surface area contributed by atoms with Gasteiger partial charge in [0.2, 0.25) is 0 Å². The van der Waals surface area contributed by atoms with Gasteiger partial charge in [-0.1, -0.05) is 0 Å². The molecule has 1 aliphatic carbocycles. The zero-order valence-corrected chi connectivity index (χ0v) is 15.1. The minimum Gasteiger partial charge on any atom is -0.495 e. The summed E-state index contributed by atoms with van der Waals surface area (Å²) >= 11 is 0. The molecule has 0 aromatic carbocycles. The largest absolute Gasteiger partial charge is 0.496 e. The fourth-order valence-electron chi connectivity index (χ4n) is 2.94. The van der Waals surface area contributed by atoms with Crippen molar-refractivity contribution in [3.05, 3.63) is 18.0 Å². The minimum absolute atomic E-state index is 0.267. The average Bonchev–Trinajstić information content (AvgIpc) is 3.29. The van der Waals surface area contributed by atoms with Crippen LogP contribution in [0.2, 0.25) is 0 Å². The molecule has 0 radical (unpaired) electrons. The van der Waals surface area contributed by atoms with Crippen molar-refractivity contribution in [2.24, 2.45) is 0 Å². The van der Waals surface area contributed by atoms with E-state index in [1.165, 1.54) is 7.11 Å². The smallest absolute Gasteiger partial charge is 0.495 e. The van der Waals surface area contributed by atoms with Crippen LogP contribution in [-0.4, -0.2) is 43.5 Å². The molecular weight excluding hydrogens is 309 g/mol. The van der Waals surface area contributed by atoms with Gasteiger partial charge in [0.1, 0.15) is 11.2 Å². The van der Waals surface area contributed by atoms with E-state index in [0.717, 1.165) is 18.3 Å². The minimum atomic E-state index is -0.672. The van der Waals surface area contributed by atoms with Crippen molar-refractivity contribution in [3.8, 4) is 5.75 Å². The molecule has 2 aliphatic rings. The maximum atomic E-state index is 12.1. The summed E-state index contributed by atoms with van der Waals surface area (Å²) in [5.74, 6) is 0.293. The SMILES string of the molecule is COC(=O)C1(c2ncc(B3OC(C)(C)C(C)(C)O3)cc2OC)CC1. The zero-order valence-electron chi connectivity index (χ0n) is 15.1. The van der Waals surface area contributed by atoms with Gasteiger partial charge in [0, 0.05) is 11.7 Å². The maximum absolute atomic E-state index is 12.1.